The molecule has 2 aromatic rings. The van der Waals surface area contributed by atoms with Crippen molar-refractivity contribution < 1.29 is 0 Å². The minimum Gasteiger partial charge on any atom is -0.326 e. The van der Waals surface area contributed by atoms with Gasteiger partial charge in [-0.3, -0.25) is 0 Å². The number of aromatic nitrogens is 2. The number of nitrogens with zero attached hydrogens (tertiary/aromatic N) is 2. The number of rotatable bonds is 3. The van der Waals surface area contributed by atoms with Crippen molar-refractivity contribution in [3.63, 3.8) is 0 Å². The standard InChI is InChI=1S/C14H15N3/c15-9-10-1-3-11(4-2-10)13-7-8-16-14(17-13)12-5-6-12/h1-4,7-8,12H,5-6,9,15H2. The van der Waals surface area contributed by atoms with E-state index in [9.17, 15) is 0 Å². The maximum atomic E-state index is 5.59. The molecule has 86 valence electrons. The van der Waals surface area contributed by atoms with Gasteiger partial charge in [0, 0.05) is 24.2 Å². The zero-order valence-electron chi connectivity index (χ0n) is 9.63. The molecular formula is C14H15N3. The van der Waals surface area contributed by atoms with Crippen molar-refractivity contribution in [3.8, 4) is 11.3 Å². The fourth-order valence-electron chi connectivity index (χ4n) is 1.88. The van der Waals surface area contributed by atoms with E-state index in [1.54, 1.807) is 0 Å². The van der Waals surface area contributed by atoms with Crippen molar-refractivity contribution in [3.05, 3.63) is 47.9 Å². The van der Waals surface area contributed by atoms with Gasteiger partial charge in [0.1, 0.15) is 5.82 Å². The highest BCUT2D eigenvalue weighted by atomic mass is 14.9. The zero-order valence-corrected chi connectivity index (χ0v) is 9.63. The summed E-state index contributed by atoms with van der Waals surface area (Å²) in [6, 6.07) is 10.2. The van der Waals surface area contributed by atoms with Crippen molar-refractivity contribution >= 4 is 0 Å². The molecule has 2 N–H and O–H groups in total. The summed E-state index contributed by atoms with van der Waals surface area (Å²) >= 11 is 0. The molecule has 1 aliphatic rings. The number of nitrogens with two attached hydrogens (primary N) is 1. The average Bonchev–Trinajstić information content (AvgIpc) is 3.23. The summed E-state index contributed by atoms with van der Waals surface area (Å²) in [7, 11) is 0. The Kier molecular flexibility index (Phi) is 2.61. The Morgan fingerprint density at radius 1 is 1.12 bits per heavy atom. The van der Waals surface area contributed by atoms with E-state index in [0.29, 0.717) is 12.5 Å². The van der Waals surface area contributed by atoms with E-state index in [1.165, 1.54) is 12.8 Å². The second-order valence-electron chi connectivity index (χ2n) is 4.48. The second-order valence-corrected chi connectivity index (χ2v) is 4.48. The summed E-state index contributed by atoms with van der Waals surface area (Å²) in [5.74, 6) is 1.59. The maximum absolute atomic E-state index is 5.59. The van der Waals surface area contributed by atoms with Gasteiger partial charge in [-0.15, -0.1) is 0 Å². The molecule has 0 unspecified atom stereocenters. The molecule has 0 saturated heterocycles. The molecule has 17 heavy (non-hydrogen) atoms. The molecule has 0 aliphatic heterocycles. The lowest BCUT2D eigenvalue weighted by molar-refractivity contribution is 0.930. The van der Waals surface area contributed by atoms with Crippen molar-refractivity contribution in [2.45, 2.75) is 25.3 Å². The van der Waals surface area contributed by atoms with Gasteiger partial charge in [0.2, 0.25) is 0 Å². The summed E-state index contributed by atoms with van der Waals surface area (Å²) in [6.07, 6.45) is 4.32. The highest BCUT2D eigenvalue weighted by molar-refractivity contribution is 5.59. The van der Waals surface area contributed by atoms with E-state index in [2.05, 4.69) is 22.1 Å². The van der Waals surface area contributed by atoms with E-state index in [4.69, 9.17) is 5.73 Å². The quantitative estimate of drug-likeness (QED) is 0.873. The molecule has 3 nitrogen and oxygen atoms in total. The van der Waals surface area contributed by atoms with Crippen LogP contribution in [0.25, 0.3) is 11.3 Å². The van der Waals surface area contributed by atoms with Gasteiger partial charge in [0.25, 0.3) is 0 Å². The fourth-order valence-corrected chi connectivity index (χ4v) is 1.88. The van der Waals surface area contributed by atoms with Gasteiger partial charge in [-0.2, -0.15) is 0 Å². The molecule has 1 fully saturated rings. The second kappa shape index (κ2) is 4.26. The van der Waals surface area contributed by atoms with E-state index in [1.807, 2.05) is 24.4 Å². The van der Waals surface area contributed by atoms with Gasteiger partial charge in [-0.25, -0.2) is 9.97 Å². The minimum atomic E-state index is 0.581. The van der Waals surface area contributed by atoms with Gasteiger partial charge in [-0.1, -0.05) is 24.3 Å². The summed E-state index contributed by atoms with van der Waals surface area (Å²) < 4.78 is 0. The van der Waals surface area contributed by atoms with Crippen molar-refractivity contribution in [1.82, 2.24) is 9.97 Å². The largest absolute Gasteiger partial charge is 0.326 e. The monoisotopic (exact) mass is 225 g/mol. The summed E-state index contributed by atoms with van der Waals surface area (Å²) in [5.41, 5.74) is 8.86. The SMILES string of the molecule is NCc1ccc(-c2ccnc(C3CC3)n2)cc1. The number of hydrogen-bond acceptors (Lipinski definition) is 3. The molecule has 3 rings (SSSR count). The van der Waals surface area contributed by atoms with Gasteiger partial charge in [0.15, 0.2) is 0 Å². The summed E-state index contributed by atoms with van der Waals surface area (Å²) in [5, 5.41) is 0. The Morgan fingerprint density at radius 3 is 2.53 bits per heavy atom. The van der Waals surface area contributed by atoms with Crippen LogP contribution >= 0.6 is 0 Å². The average molecular weight is 225 g/mol. The van der Waals surface area contributed by atoms with Gasteiger partial charge in [0.05, 0.1) is 5.69 Å². The molecule has 1 saturated carbocycles. The minimum absolute atomic E-state index is 0.581. The molecule has 0 atom stereocenters. The van der Waals surface area contributed by atoms with Gasteiger partial charge >= 0.3 is 0 Å². The topological polar surface area (TPSA) is 51.8 Å². The summed E-state index contributed by atoms with van der Waals surface area (Å²) in [6.45, 7) is 0.581. The molecule has 0 bridgehead atoms. The summed E-state index contributed by atoms with van der Waals surface area (Å²) in [4.78, 5) is 8.95. The third-order valence-corrected chi connectivity index (χ3v) is 3.10. The van der Waals surface area contributed by atoms with Crippen molar-refractivity contribution in [2.75, 3.05) is 0 Å². The van der Waals surface area contributed by atoms with E-state index >= 15 is 0 Å². The first-order chi connectivity index (χ1) is 8.36. The van der Waals surface area contributed by atoms with Crippen LogP contribution in [-0.4, -0.2) is 9.97 Å². The molecule has 0 radical (unpaired) electrons. The first-order valence-corrected chi connectivity index (χ1v) is 5.99. The molecule has 1 heterocycles. The lowest BCUT2D eigenvalue weighted by Crippen LogP contribution is -1.96. The molecule has 0 amide bonds. The third-order valence-electron chi connectivity index (χ3n) is 3.10. The van der Waals surface area contributed by atoms with E-state index in [-0.39, 0.29) is 0 Å². The molecule has 1 aliphatic carbocycles. The Hall–Kier alpha value is -1.74. The van der Waals surface area contributed by atoms with Crippen molar-refractivity contribution in [2.24, 2.45) is 5.73 Å². The van der Waals surface area contributed by atoms with Crippen LogP contribution in [0, 0.1) is 0 Å². The first-order valence-electron chi connectivity index (χ1n) is 5.99. The predicted octanol–water partition coefficient (Wildman–Crippen LogP) is 2.48. The van der Waals surface area contributed by atoms with E-state index < -0.39 is 0 Å². The normalized spacial score (nSPS) is 14.9. The van der Waals surface area contributed by atoms with Crippen LogP contribution < -0.4 is 5.73 Å². The molecular weight excluding hydrogens is 210 g/mol. The Balaban J connectivity index is 1.93. The Labute approximate surface area is 101 Å². The van der Waals surface area contributed by atoms with Gasteiger partial charge < -0.3 is 5.73 Å². The van der Waals surface area contributed by atoms with E-state index in [0.717, 1.165) is 22.6 Å². The lowest BCUT2D eigenvalue weighted by Gasteiger charge is -2.04. The lowest BCUT2D eigenvalue weighted by atomic mass is 10.1. The predicted molar refractivity (Wildman–Crippen MR) is 67.3 cm³/mol. The molecule has 3 heteroatoms. The van der Waals surface area contributed by atoms with Crippen LogP contribution in [0.5, 0.6) is 0 Å². The Morgan fingerprint density at radius 2 is 1.88 bits per heavy atom. The van der Waals surface area contributed by atoms with Crippen molar-refractivity contribution in [1.29, 1.82) is 0 Å². The highest BCUT2D eigenvalue weighted by Gasteiger charge is 2.26. The molecule has 1 aromatic heterocycles. The van der Waals surface area contributed by atoms with Crippen LogP contribution in [0.4, 0.5) is 0 Å². The molecule has 1 aromatic carbocycles. The van der Waals surface area contributed by atoms with Gasteiger partial charge in [-0.05, 0) is 24.5 Å². The maximum Gasteiger partial charge on any atom is 0.132 e. The fraction of sp³-hybridized carbons (Fsp3) is 0.286. The number of benzene rings is 1. The third kappa shape index (κ3) is 2.19. The zero-order chi connectivity index (χ0) is 11.7. The van der Waals surface area contributed by atoms with Crippen LogP contribution in [0.15, 0.2) is 36.5 Å². The number of hydrogen-bond donors (Lipinski definition) is 1. The van der Waals surface area contributed by atoms with Crippen LogP contribution in [0.2, 0.25) is 0 Å². The molecule has 0 spiro atoms. The highest BCUT2D eigenvalue weighted by Crippen LogP contribution is 2.38. The smallest absolute Gasteiger partial charge is 0.132 e. The first kappa shape index (κ1) is 10.4. The van der Waals surface area contributed by atoms with Crippen LogP contribution in [0.1, 0.15) is 30.1 Å². The van der Waals surface area contributed by atoms with Crippen LogP contribution in [-0.2, 0) is 6.54 Å². The Bertz CT molecular complexity index is 515. The van der Waals surface area contributed by atoms with Crippen LogP contribution in [0.3, 0.4) is 0 Å².